The van der Waals surface area contributed by atoms with Crippen LogP contribution in [0.1, 0.15) is 25.1 Å². The van der Waals surface area contributed by atoms with Crippen molar-refractivity contribution in [3.8, 4) is 0 Å². The molecule has 0 bridgehead atoms. The van der Waals surface area contributed by atoms with E-state index in [9.17, 15) is 9.59 Å². The predicted molar refractivity (Wildman–Crippen MR) is 70.0 cm³/mol. The molecule has 20 heavy (non-hydrogen) atoms. The summed E-state index contributed by atoms with van der Waals surface area (Å²) in [5.41, 5.74) is 0. The molecule has 8 heteroatoms. The van der Waals surface area contributed by atoms with E-state index in [4.69, 9.17) is 5.11 Å². The first-order valence-electron chi connectivity index (χ1n) is 6.66. The zero-order valence-corrected chi connectivity index (χ0v) is 11.4. The van der Waals surface area contributed by atoms with Gasteiger partial charge in [0, 0.05) is 26.1 Å². The molecular formula is C12H19N5O3. The summed E-state index contributed by atoms with van der Waals surface area (Å²) in [6.45, 7) is 0.466. The van der Waals surface area contributed by atoms with Gasteiger partial charge in [-0.15, -0.1) is 10.2 Å². The van der Waals surface area contributed by atoms with Gasteiger partial charge < -0.3 is 20.3 Å². The highest BCUT2D eigenvalue weighted by molar-refractivity contribution is 5.75. The molecule has 1 aliphatic rings. The molecule has 2 amide bonds. The molecule has 1 aromatic heterocycles. The van der Waals surface area contributed by atoms with Gasteiger partial charge in [0.05, 0.1) is 5.92 Å². The molecular weight excluding hydrogens is 262 g/mol. The van der Waals surface area contributed by atoms with Crippen LogP contribution in [0.15, 0.2) is 6.33 Å². The summed E-state index contributed by atoms with van der Waals surface area (Å²) in [4.78, 5) is 22.5. The fraction of sp³-hybridized carbons (Fsp3) is 0.667. The number of carbonyl (C=O) groups is 2. The topological polar surface area (TPSA) is 109 Å². The van der Waals surface area contributed by atoms with Crippen molar-refractivity contribution in [1.82, 2.24) is 25.4 Å². The number of aromatic nitrogens is 3. The minimum atomic E-state index is -0.781. The normalized spacial score (nSPS) is 21.6. The Bertz CT molecular complexity index is 487. The molecule has 3 N–H and O–H groups in total. The van der Waals surface area contributed by atoms with Gasteiger partial charge in [-0.3, -0.25) is 4.79 Å². The lowest BCUT2D eigenvalue weighted by Crippen LogP contribution is -2.42. The van der Waals surface area contributed by atoms with E-state index in [1.165, 1.54) is 0 Å². The highest BCUT2D eigenvalue weighted by Gasteiger charge is 2.30. The number of urea groups is 1. The lowest BCUT2D eigenvalue weighted by atomic mass is 10.1. The van der Waals surface area contributed by atoms with Crippen LogP contribution in [-0.4, -0.2) is 44.5 Å². The Morgan fingerprint density at radius 1 is 1.50 bits per heavy atom. The molecule has 1 aliphatic carbocycles. The van der Waals surface area contributed by atoms with Gasteiger partial charge in [0.15, 0.2) is 0 Å². The van der Waals surface area contributed by atoms with Crippen molar-refractivity contribution >= 4 is 12.0 Å². The van der Waals surface area contributed by atoms with Crippen molar-refractivity contribution < 1.29 is 14.7 Å². The zero-order chi connectivity index (χ0) is 14.5. The van der Waals surface area contributed by atoms with Gasteiger partial charge >= 0.3 is 12.0 Å². The van der Waals surface area contributed by atoms with Crippen molar-refractivity contribution in [2.24, 2.45) is 13.0 Å². The molecule has 1 aromatic rings. The SMILES string of the molecule is Cn1cnnc1CCNC(=O)N[C@H]1CC[C@@H](C(=O)O)C1. The van der Waals surface area contributed by atoms with Crippen LogP contribution < -0.4 is 10.6 Å². The Morgan fingerprint density at radius 3 is 2.90 bits per heavy atom. The summed E-state index contributed by atoms with van der Waals surface area (Å²) in [6, 6.07) is -0.311. The van der Waals surface area contributed by atoms with Gasteiger partial charge in [0.25, 0.3) is 0 Å². The third-order valence-electron chi connectivity index (χ3n) is 3.56. The van der Waals surface area contributed by atoms with Gasteiger partial charge in [-0.1, -0.05) is 0 Å². The van der Waals surface area contributed by atoms with E-state index >= 15 is 0 Å². The second-order valence-corrected chi connectivity index (χ2v) is 5.05. The lowest BCUT2D eigenvalue weighted by Gasteiger charge is -2.13. The van der Waals surface area contributed by atoms with Crippen LogP contribution in [0.2, 0.25) is 0 Å². The number of rotatable bonds is 5. The maximum absolute atomic E-state index is 11.7. The number of hydrogen-bond acceptors (Lipinski definition) is 4. The Balaban J connectivity index is 1.66. The van der Waals surface area contributed by atoms with Gasteiger partial charge in [-0.2, -0.15) is 0 Å². The van der Waals surface area contributed by atoms with Crippen LogP contribution in [0.5, 0.6) is 0 Å². The number of nitrogens with one attached hydrogen (secondary N) is 2. The molecule has 0 radical (unpaired) electrons. The minimum Gasteiger partial charge on any atom is -0.481 e. The Kier molecular flexibility index (Phi) is 4.54. The van der Waals surface area contributed by atoms with Crippen LogP contribution in [0.25, 0.3) is 0 Å². The first kappa shape index (κ1) is 14.3. The monoisotopic (exact) mass is 281 g/mol. The Morgan fingerprint density at radius 2 is 2.30 bits per heavy atom. The minimum absolute atomic E-state index is 0.0501. The maximum atomic E-state index is 11.7. The van der Waals surface area contributed by atoms with E-state index in [0.29, 0.717) is 32.2 Å². The molecule has 0 aliphatic heterocycles. The van der Waals surface area contributed by atoms with Gasteiger partial charge in [-0.25, -0.2) is 4.79 Å². The molecule has 8 nitrogen and oxygen atoms in total. The summed E-state index contributed by atoms with van der Waals surface area (Å²) >= 11 is 0. The van der Waals surface area contributed by atoms with E-state index in [-0.39, 0.29) is 18.0 Å². The summed E-state index contributed by atoms with van der Waals surface area (Å²) in [5.74, 6) is -0.312. The number of carboxylic acids is 1. The standard InChI is InChI=1S/C12H19N5O3/c1-17-7-14-16-10(17)4-5-13-12(20)15-9-3-2-8(6-9)11(18)19/h7-9H,2-6H2,1H3,(H,18,19)(H2,13,15,20)/t8-,9+/m1/s1. The molecule has 1 saturated carbocycles. The van der Waals surface area contributed by atoms with Crippen molar-refractivity contribution in [1.29, 1.82) is 0 Å². The van der Waals surface area contributed by atoms with Gasteiger partial charge in [-0.05, 0) is 19.3 Å². The number of aryl methyl sites for hydroxylation is 1. The number of amides is 2. The third kappa shape index (κ3) is 3.69. The largest absolute Gasteiger partial charge is 0.481 e. The highest BCUT2D eigenvalue weighted by atomic mass is 16.4. The first-order valence-corrected chi connectivity index (χ1v) is 6.66. The molecule has 2 atom stereocenters. The number of carboxylic acid groups (broad SMARTS) is 1. The average Bonchev–Trinajstić information content (AvgIpc) is 2.99. The summed E-state index contributed by atoms with van der Waals surface area (Å²) in [6.07, 6.45) is 4.06. The van der Waals surface area contributed by atoms with Crippen LogP contribution in [0.4, 0.5) is 4.79 Å². The van der Waals surface area contributed by atoms with Crippen LogP contribution >= 0.6 is 0 Å². The fourth-order valence-corrected chi connectivity index (χ4v) is 2.39. The number of aliphatic carboxylic acids is 1. The van der Waals surface area contributed by atoms with Crippen molar-refractivity contribution in [3.63, 3.8) is 0 Å². The molecule has 0 aromatic carbocycles. The second kappa shape index (κ2) is 6.36. The van der Waals surface area contributed by atoms with E-state index in [1.54, 1.807) is 10.9 Å². The molecule has 1 heterocycles. The molecule has 1 fully saturated rings. The van der Waals surface area contributed by atoms with Gasteiger partial charge in [0.1, 0.15) is 12.2 Å². The highest BCUT2D eigenvalue weighted by Crippen LogP contribution is 2.25. The average molecular weight is 281 g/mol. The van der Waals surface area contributed by atoms with Crippen LogP contribution in [0, 0.1) is 5.92 Å². The summed E-state index contributed by atoms with van der Waals surface area (Å²) in [7, 11) is 1.85. The first-order chi connectivity index (χ1) is 9.56. The van der Waals surface area contributed by atoms with Crippen LogP contribution in [-0.2, 0) is 18.3 Å². The molecule has 0 unspecified atom stereocenters. The molecule has 2 rings (SSSR count). The van der Waals surface area contributed by atoms with Crippen molar-refractivity contribution in [2.45, 2.75) is 31.7 Å². The quantitative estimate of drug-likeness (QED) is 0.699. The Labute approximate surface area is 116 Å². The second-order valence-electron chi connectivity index (χ2n) is 5.05. The van der Waals surface area contributed by atoms with Gasteiger partial charge in [0.2, 0.25) is 0 Å². The molecule has 110 valence electrons. The fourth-order valence-electron chi connectivity index (χ4n) is 2.39. The van der Waals surface area contributed by atoms with E-state index in [0.717, 1.165) is 5.82 Å². The number of carbonyl (C=O) groups excluding carboxylic acids is 1. The van der Waals surface area contributed by atoms with Crippen LogP contribution in [0.3, 0.4) is 0 Å². The smallest absolute Gasteiger partial charge is 0.315 e. The maximum Gasteiger partial charge on any atom is 0.315 e. The predicted octanol–water partition coefficient (Wildman–Crippen LogP) is -0.0899. The molecule has 0 spiro atoms. The van der Waals surface area contributed by atoms with E-state index in [1.807, 2.05) is 7.05 Å². The summed E-state index contributed by atoms with van der Waals surface area (Å²) in [5, 5.41) is 22.1. The number of hydrogen-bond donors (Lipinski definition) is 3. The van der Waals surface area contributed by atoms with Crippen molar-refractivity contribution in [2.75, 3.05) is 6.54 Å². The summed E-state index contributed by atoms with van der Waals surface area (Å²) < 4.78 is 1.80. The van der Waals surface area contributed by atoms with E-state index in [2.05, 4.69) is 20.8 Å². The number of nitrogens with zero attached hydrogens (tertiary/aromatic N) is 3. The lowest BCUT2D eigenvalue weighted by molar-refractivity contribution is -0.141. The van der Waals surface area contributed by atoms with Crippen molar-refractivity contribution in [3.05, 3.63) is 12.2 Å². The third-order valence-corrected chi connectivity index (χ3v) is 3.56. The zero-order valence-electron chi connectivity index (χ0n) is 11.4. The van der Waals surface area contributed by atoms with E-state index < -0.39 is 5.97 Å². The Hall–Kier alpha value is -2.12. The molecule has 0 saturated heterocycles.